The third-order valence-electron chi connectivity index (χ3n) is 3.49. The first-order valence-corrected chi connectivity index (χ1v) is 6.95. The zero-order chi connectivity index (χ0) is 15.2. The van der Waals surface area contributed by atoms with Gasteiger partial charge in [0.2, 0.25) is 0 Å². The van der Waals surface area contributed by atoms with Crippen LogP contribution in [-0.2, 0) is 6.42 Å². The summed E-state index contributed by atoms with van der Waals surface area (Å²) in [7, 11) is 0. The highest BCUT2D eigenvalue weighted by atomic mass is 16.3. The third-order valence-corrected chi connectivity index (χ3v) is 3.49. The maximum atomic E-state index is 12.3. The molecule has 0 aliphatic heterocycles. The van der Waals surface area contributed by atoms with E-state index in [0.29, 0.717) is 24.1 Å². The Kier molecular flexibility index (Phi) is 4.95. The van der Waals surface area contributed by atoms with Gasteiger partial charge in [-0.05, 0) is 31.0 Å². The second-order valence-corrected chi connectivity index (χ2v) is 5.05. The van der Waals surface area contributed by atoms with Crippen LogP contribution in [0.25, 0.3) is 0 Å². The van der Waals surface area contributed by atoms with Crippen LogP contribution in [0, 0.1) is 6.92 Å². The summed E-state index contributed by atoms with van der Waals surface area (Å²) in [5, 5.41) is 12.6. The highest BCUT2D eigenvalue weighted by Crippen LogP contribution is 2.19. The van der Waals surface area contributed by atoms with Crippen LogP contribution in [0.4, 0.5) is 0 Å². The van der Waals surface area contributed by atoms with E-state index in [-0.39, 0.29) is 17.7 Å². The molecule has 0 bridgehead atoms. The first-order chi connectivity index (χ1) is 10.1. The van der Waals surface area contributed by atoms with Gasteiger partial charge in [-0.15, -0.1) is 0 Å². The molecule has 0 radical (unpaired) electrons. The van der Waals surface area contributed by atoms with Crippen molar-refractivity contribution in [3.63, 3.8) is 0 Å². The second kappa shape index (κ2) is 6.90. The van der Waals surface area contributed by atoms with Crippen LogP contribution >= 0.6 is 0 Å². The molecule has 0 aromatic heterocycles. The van der Waals surface area contributed by atoms with E-state index in [1.807, 2.05) is 30.3 Å². The SMILES string of the molecule is Cc1c(O)cccc1C(=O)NC(CN)Cc1ccccc1. The minimum absolute atomic E-state index is 0.120. The summed E-state index contributed by atoms with van der Waals surface area (Å²) in [6, 6.07) is 14.7. The summed E-state index contributed by atoms with van der Waals surface area (Å²) in [5.41, 5.74) is 7.92. The molecule has 0 heterocycles. The van der Waals surface area contributed by atoms with Crippen molar-refractivity contribution in [3.05, 3.63) is 65.2 Å². The molecular formula is C17H20N2O2. The maximum absolute atomic E-state index is 12.3. The number of carbonyl (C=O) groups is 1. The molecule has 1 unspecified atom stereocenters. The van der Waals surface area contributed by atoms with Gasteiger partial charge in [0.25, 0.3) is 5.91 Å². The van der Waals surface area contributed by atoms with Gasteiger partial charge in [0, 0.05) is 23.7 Å². The minimum atomic E-state index is -0.213. The van der Waals surface area contributed by atoms with Gasteiger partial charge >= 0.3 is 0 Å². The molecule has 0 saturated carbocycles. The highest BCUT2D eigenvalue weighted by Gasteiger charge is 2.15. The molecule has 2 aromatic rings. The molecule has 0 aliphatic carbocycles. The Labute approximate surface area is 124 Å². The van der Waals surface area contributed by atoms with Gasteiger partial charge < -0.3 is 16.2 Å². The van der Waals surface area contributed by atoms with Crippen molar-refractivity contribution in [2.45, 2.75) is 19.4 Å². The topological polar surface area (TPSA) is 75.3 Å². The molecular weight excluding hydrogens is 264 g/mol. The smallest absolute Gasteiger partial charge is 0.251 e. The van der Waals surface area contributed by atoms with Gasteiger partial charge in [-0.1, -0.05) is 36.4 Å². The van der Waals surface area contributed by atoms with E-state index in [2.05, 4.69) is 5.32 Å². The number of hydrogen-bond donors (Lipinski definition) is 3. The normalized spacial score (nSPS) is 11.9. The van der Waals surface area contributed by atoms with Gasteiger partial charge in [0.15, 0.2) is 0 Å². The van der Waals surface area contributed by atoms with Gasteiger partial charge in [-0.2, -0.15) is 0 Å². The van der Waals surface area contributed by atoms with Crippen molar-refractivity contribution >= 4 is 5.91 Å². The van der Waals surface area contributed by atoms with Gasteiger partial charge in [0.1, 0.15) is 5.75 Å². The monoisotopic (exact) mass is 284 g/mol. The number of rotatable bonds is 5. The van der Waals surface area contributed by atoms with E-state index in [1.165, 1.54) is 0 Å². The second-order valence-electron chi connectivity index (χ2n) is 5.05. The molecule has 21 heavy (non-hydrogen) atoms. The van der Waals surface area contributed by atoms with Crippen LogP contribution in [0.5, 0.6) is 5.75 Å². The van der Waals surface area contributed by atoms with E-state index >= 15 is 0 Å². The predicted octanol–water partition coefficient (Wildman–Crippen LogP) is 2.00. The number of amides is 1. The standard InChI is InChI=1S/C17H20N2O2/c1-12-15(8-5-9-16(12)20)17(21)19-14(11-18)10-13-6-3-2-4-7-13/h2-9,14,20H,10-11,18H2,1H3,(H,19,21). The number of aromatic hydroxyl groups is 1. The van der Waals surface area contributed by atoms with Crippen molar-refractivity contribution in [1.29, 1.82) is 0 Å². The van der Waals surface area contributed by atoms with E-state index < -0.39 is 0 Å². The average Bonchev–Trinajstić information content (AvgIpc) is 2.50. The predicted molar refractivity (Wildman–Crippen MR) is 83.3 cm³/mol. The Hall–Kier alpha value is -2.33. The number of benzene rings is 2. The average molecular weight is 284 g/mol. The van der Waals surface area contributed by atoms with Crippen molar-refractivity contribution in [2.75, 3.05) is 6.54 Å². The number of nitrogens with two attached hydrogens (primary N) is 1. The van der Waals surface area contributed by atoms with Crippen molar-refractivity contribution in [3.8, 4) is 5.75 Å². The first-order valence-electron chi connectivity index (χ1n) is 6.95. The molecule has 1 amide bonds. The number of phenolic OH excluding ortho intramolecular Hbond substituents is 1. The lowest BCUT2D eigenvalue weighted by molar-refractivity contribution is 0.0937. The fourth-order valence-electron chi connectivity index (χ4n) is 2.22. The number of phenols is 1. The molecule has 1 atom stereocenters. The highest BCUT2D eigenvalue weighted by molar-refractivity contribution is 5.96. The van der Waals surface area contributed by atoms with Crippen LogP contribution < -0.4 is 11.1 Å². The Balaban J connectivity index is 2.08. The minimum Gasteiger partial charge on any atom is -0.508 e. The molecule has 0 saturated heterocycles. The Morgan fingerprint density at radius 1 is 1.19 bits per heavy atom. The first kappa shape index (κ1) is 15.1. The summed E-state index contributed by atoms with van der Waals surface area (Å²) >= 11 is 0. The van der Waals surface area contributed by atoms with Crippen molar-refractivity contribution in [1.82, 2.24) is 5.32 Å². The van der Waals surface area contributed by atoms with Crippen LogP contribution in [0.15, 0.2) is 48.5 Å². The van der Waals surface area contributed by atoms with Gasteiger partial charge in [0.05, 0.1) is 0 Å². The zero-order valence-electron chi connectivity index (χ0n) is 12.0. The maximum Gasteiger partial charge on any atom is 0.251 e. The summed E-state index contributed by atoms with van der Waals surface area (Å²) in [5.74, 6) is -0.0928. The lowest BCUT2D eigenvalue weighted by atomic mass is 10.0. The largest absolute Gasteiger partial charge is 0.508 e. The van der Waals surface area contributed by atoms with Gasteiger partial charge in [-0.3, -0.25) is 4.79 Å². The van der Waals surface area contributed by atoms with Gasteiger partial charge in [-0.25, -0.2) is 0 Å². The molecule has 0 aliphatic rings. The summed E-state index contributed by atoms with van der Waals surface area (Å²) in [4.78, 5) is 12.3. The number of nitrogens with one attached hydrogen (secondary N) is 1. The molecule has 4 N–H and O–H groups in total. The van der Waals surface area contributed by atoms with E-state index in [0.717, 1.165) is 5.56 Å². The van der Waals surface area contributed by atoms with E-state index in [9.17, 15) is 9.90 Å². The lowest BCUT2D eigenvalue weighted by Crippen LogP contribution is -2.41. The van der Waals surface area contributed by atoms with Crippen LogP contribution in [0.3, 0.4) is 0 Å². The Morgan fingerprint density at radius 3 is 2.57 bits per heavy atom. The zero-order valence-corrected chi connectivity index (χ0v) is 12.0. The van der Waals surface area contributed by atoms with Crippen LogP contribution in [0.1, 0.15) is 21.5 Å². The van der Waals surface area contributed by atoms with Crippen molar-refractivity contribution < 1.29 is 9.90 Å². The summed E-state index contributed by atoms with van der Waals surface area (Å²) in [6.45, 7) is 2.08. The molecule has 4 heteroatoms. The van der Waals surface area contributed by atoms with Crippen LogP contribution in [-0.4, -0.2) is 23.6 Å². The Morgan fingerprint density at radius 2 is 1.90 bits per heavy atom. The molecule has 4 nitrogen and oxygen atoms in total. The van der Waals surface area contributed by atoms with E-state index in [1.54, 1.807) is 25.1 Å². The summed E-state index contributed by atoms with van der Waals surface area (Å²) in [6.07, 6.45) is 0.681. The van der Waals surface area contributed by atoms with Crippen molar-refractivity contribution in [2.24, 2.45) is 5.73 Å². The third kappa shape index (κ3) is 3.83. The molecule has 110 valence electrons. The molecule has 2 rings (SSSR count). The Bertz CT molecular complexity index is 611. The van der Waals surface area contributed by atoms with E-state index in [4.69, 9.17) is 5.73 Å². The lowest BCUT2D eigenvalue weighted by Gasteiger charge is -2.18. The fraction of sp³-hybridized carbons (Fsp3) is 0.235. The fourth-order valence-corrected chi connectivity index (χ4v) is 2.22. The summed E-state index contributed by atoms with van der Waals surface area (Å²) < 4.78 is 0. The van der Waals surface area contributed by atoms with Crippen LogP contribution in [0.2, 0.25) is 0 Å². The quantitative estimate of drug-likeness (QED) is 0.786. The number of carbonyl (C=O) groups excluding carboxylic acids is 1. The molecule has 2 aromatic carbocycles. The molecule has 0 fully saturated rings. The molecule has 0 spiro atoms. The number of hydrogen-bond acceptors (Lipinski definition) is 3.